The second-order valence-corrected chi connectivity index (χ2v) is 6.52. The number of nitrogens with one attached hydrogen (secondary N) is 1. The highest BCUT2D eigenvalue weighted by Gasteiger charge is 2.19. The van der Waals surface area contributed by atoms with Gasteiger partial charge in [0.15, 0.2) is 11.5 Å². The van der Waals surface area contributed by atoms with Gasteiger partial charge < -0.3 is 9.72 Å². The Morgan fingerprint density at radius 3 is 2.50 bits per heavy atom. The molecule has 2 rings (SSSR count). The quantitative estimate of drug-likeness (QED) is 0.414. The van der Waals surface area contributed by atoms with Gasteiger partial charge in [-0.25, -0.2) is 9.18 Å². The van der Waals surface area contributed by atoms with E-state index in [1.807, 2.05) is 12.1 Å². The van der Waals surface area contributed by atoms with E-state index in [4.69, 9.17) is 4.74 Å². The first-order chi connectivity index (χ1) is 12.7. The smallest absolute Gasteiger partial charge is 0.357 e. The molecule has 0 spiro atoms. The van der Waals surface area contributed by atoms with Gasteiger partial charge in [-0.05, 0) is 25.8 Å². The van der Waals surface area contributed by atoms with Crippen LogP contribution in [0.25, 0.3) is 11.1 Å². The van der Waals surface area contributed by atoms with E-state index in [0.29, 0.717) is 11.1 Å². The molecule has 0 atom stereocenters. The van der Waals surface area contributed by atoms with E-state index in [1.165, 1.54) is 44.7 Å². The van der Waals surface area contributed by atoms with Crippen LogP contribution in [0.4, 0.5) is 4.39 Å². The minimum Gasteiger partial charge on any atom is -0.461 e. The number of aromatic amines is 1. The molecule has 1 N–H and O–H groups in total. The van der Waals surface area contributed by atoms with Crippen molar-refractivity contribution >= 4 is 5.97 Å². The van der Waals surface area contributed by atoms with E-state index in [1.54, 1.807) is 13.1 Å². The van der Waals surface area contributed by atoms with Crippen molar-refractivity contribution in [1.29, 1.82) is 0 Å². The molecule has 2 aromatic rings. The number of esters is 1. The molecular formula is C21H29FN2O2. The first kappa shape index (κ1) is 20.1. The number of hydrogen-bond donors (Lipinski definition) is 1. The molecule has 2 aromatic heterocycles. The van der Waals surface area contributed by atoms with Gasteiger partial charge in [0.1, 0.15) is 0 Å². The number of carbonyl (C=O) groups is 1. The lowest BCUT2D eigenvalue weighted by Gasteiger charge is -2.04. The Balaban J connectivity index is 1.86. The summed E-state index contributed by atoms with van der Waals surface area (Å²) in [7, 11) is 0. The third kappa shape index (κ3) is 5.68. The maximum atomic E-state index is 14.4. The van der Waals surface area contributed by atoms with Crippen LogP contribution in [0.15, 0.2) is 24.5 Å². The normalized spacial score (nSPS) is 10.9. The third-order valence-corrected chi connectivity index (χ3v) is 4.47. The van der Waals surface area contributed by atoms with Crippen LogP contribution in [0.2, 0.25) is 0 Å². The van der Waals surface area contributed by atoms with E-state index in [-0.39, 0.29) is 12.3 Å². The summed E-state index contributed by atoms with van der Waals surface area (Å²) >= 11 is 0. The van der Waals surface area contributed by atoms with Crippen molar-refractivity contribution in [3.8, 4) is 11.1 Å². The fourth-order valence-corrected chi connectivity index (χ4v) is 2.96. The molecule has 0 aliphatic rings. The highest BCUT2D eigenvalue weighted by Crippen LogP contribution is 2.25. The number of pyridine rings is 1. The molecule has 0 aliphatic carbocycles. The number of aryl methyl sites for hydroxylation is 1. The molecule has 4 nitrogen and oxygen atoms in total. The number of rotatable bonds is 11. The number of hydrogen-bond acceptors (Lipinski definition) is 3. The van der Waals surface area contributed by atoms with Crippen LogP contribution in [0.3, 0.4) is 0 Å². The summed E-state index contributed by atoms with van der Waals surface area (Å²) in [4.78, 5) is 18.8. The molecule has 5 heteroatoms. The third-order valence-electron chi connectivity index (χ3n) is 4.47. The van der Waals surface area contributed by atoms with Crippen molar-refractivity contribution in [2.24, 2.45) is 0 Å². The summed E-state index contributed by atoms with van der Waals surface area (Å²) in [5, 5.41) is 0. The highest BCUT2D eigenvalue weighted by molar-refractivity contribution is 5.89. The second kappa shape index (κ2) is 10.7. The molecule has 0 saturated heterocycles. The topological polar surface area (TPSA) is 55.0 Å². The molecule has 26 heavy (non-hydrogen) atoms. The Hall–Kier alpha value is -2.17. The van der Waals surface area contributed by atoms with Crippen LogP contribution in [0.1, 0.15) is 75.0 Å². The van der Waals surface area contributed by atoms with Crippen molar-refractivity contribution in [2.45, 2.75) is 65.2 Å². The molecule has 2 heterocycles. The maximum absolute atomic E-state index is 14.4. The fourth-order valence-electron chi connectivity index (χ4n) is 2.96. The average molecular weight is 360 g/mol. The van der Waals surface area contributed by atoms with Crippen LogP contribution in [0, 0.1) is 5.82 Å². The molecule has 0 saturated carbocycles. The van der Waals surface area contributed by atoms with Gasteiger partial charge in [0.2, 0.25) is 0 Å². The first-order valence-corrected chi connectivity index (χ1v) is 9.66. The molecule has 0 fully saturated rings. The van der Waals surface area contributed by atoms with Gasteiger partial charge >= 0.3 is 5.97 Å². The largest absolute Gasteiger partial charge is 0.461 e. The van der Waals surface area contributed by atoms with Crippen LogP contribution in [-0.2, 0) is 11.2 Å². The Morgan fingerprint density at radius 2 is 1.85 bits per heavy atom. The van der Waals surface area contributed by atoms with Crippen molar-refractivity contribution < 1.29 is 13.9 Å². The van der Waals surface area contributed by atoms with E-state index >= 15 is 0 Å². The van der Waals surface area contributed by atoms with Crippen molar-refractivity contribution in [3.63, 3.8) is 0 Å². The SMILES string of the molecule is CCCCCCCCCc1ccc(-c2c[nH]c(C(=O)OCC)c2F)cn1. The Kier molecular flexibility index (Phi) is 8.32. The minimum atomic E-state index is -0.681. The van der Waals surface area contributed by atoms with Gasteiger partial charge in [0.25, 0.3) is 0 Å². The molecular weight excluding hydrogens is 331 g/mol. The Labute approximate surface area is 155 Å². The van der Waals surface area contributed by atoms with Crippen LogP contribution in [-0.4, -0.2) is 22.5 Å². The molecule has 0 amide bonds. The summed E-state index contributed by atoms with van der Waals surface area (Å²) in [6.45, 7) is 4.13. The number of aromatic nitrogens is 2. The average Bonchev–Trinajstić information content (AvgIpc) is 3.03. The van der Waals surface area contributed by atoms with Crippen molar-refractivity contribution in [3.05, 3.63) is 41.7 Å². The predicted octanol–water partition coefficient (Wildman–Crippen LogP) is 5.69. The summed E-state index contributed by atoms with van der Waals surface area (Å²) in [6, 6.07) is 3.79. The van der Waals surface area contributed by atoms with E-state index in [9.17, 15) is 9.18 Å². The monoisotopic (exact) mass is 360 g/mol. The molecule has 0 aliphatic heterocycles. The van der Waals surface area contributed by atoms with Crippen LogP contribution in [0.5, 0.6) is 0 Å². The van der Waals surface area contributed by atoms with Gasteiger partial charge in [0, 0.05) is 29.2 Å². The summed E-state index contributed by atoms with van der Waals surface area (Å²) in [6.07, 6.45) is 13.0. The lowest BCUT2D eigenvalue weighted by molar-refractivity contribution is 0.0515. The molecule has 142 valence electrons. The number of unbranched alkanes of at least 4 members (excludes halogenated alkanes) is 6. The minimum absolute atomic E-state index is 0.144. The number of nitrogens with zero attached hydrogens (tertiary/aromatic N) is 1. The van der Waals surface area contributed by atoms with E-state index in [0.717, 1.165) is 18.5 Å². The number of carbonyl (C=O) groups excluding carboxylic acids is 1. The lowest BCUT2D eigenvalue weighted by atomic mass is 10.1. The summed E-state index contributed by atoms with van der Waals surface area (Å²) in [5.41, 5.74) is 1.86. The highest BCUT2D eigenvalue weighted by atomic mass is 19.1. The van der Waals surface area contributed by atoms with Gasteiger partial charge in [0.05, 0.1) is 6.61 Å². The number of halogens is 1. The van der Waals surface area contributed by atoms with Crippen molar-refractivity contribution in [1.82, 2.24) is 9.97 Å². The van der Waals surface area contributed by atoms with Gasteiger partial charge in [-0.15, -0.1) is 0 Å². The van der Waals surface area contributed by atoms with E-state index < -0.39 is 11.8 Å². The zero-order valence-electron chi connectivity index (χ0n) is 15.8. The van der Waals surface area contributed by atoms with Gasteiger partial charge in [-0.2, -0.15) is 0 Å². The predicted molar refractivity (Wildman–Crippen MR) is 102 cm³/mol. The Morgan fingerprint density at radius 1 is 1.12 bits per heavy atom. The fraction of sp³-hybridized carbons (Fsp3) is 0.524. The number of ether oxygens (including phenoxy) is 1. The molecule has 0 aromatic carbocycles. The first-order valence-electron chi connectivity index (χ1n) is 9.66. The van der Waals surface area contributed by atoms with E-state index in [2.05, 4.69) is 16.9 Å². The maximum Gasteiger partial charge on any atom is 0.357 e. The standard InChI is InChI=1S/C21H29FN2O2/c1-3-5-6-7-8-9-10-11-17-13-12-16(14-23-17)18-15-24-20(19(18)22)21(25)26-4-2/h12-15,24H,3-11H2,1-2H3. The summed E-state index contributed by atoms with van der Waals surface area (Å²) < 4.78 is 19.2. The van der Waals surface area contributed by atoms with Gasteiger partial charge in [-0.3, -0.25) is 4.98 Å². The zero-order valence-corrected chi connectivity index (χ0v) is 15.8. The molecule has 0 radical (unpaired) electrons. The molecule has 0 unspecified atom stereocenters. The Bertz CT molecular complexity index is 680. The zero-order chi connectivity index (χ0) is 18.8. The summed E-state index contributed by atoms with van der Waals surface area (Å²) in [5.74, 6) is -1.27. The van der Waals surface area contributed by atoms with Crippen LogP contribution < -0.4 is 0 Å². The second-order valence-electron chi connectivity index (χ2n) is 6.52. The van der Waals surface area contributed by atoms with Gasteiger partial charge in [-0.1, -0.05) is 51.5 Å². The number of H-pyrrole nitrogens is 1. The van der Waals surface area contributed by atoms with Crippen molar-refractivity contribution in [2.75, 3.05) is 6.61 Å². The van der Waals surface area contributed by atoms with Crippen LogP contribution >= 0.6 is 0 Å². The molecule has 0 bridgehead atoms. The lowest BCUT2D eigenvalue weighted by Crippen LogP contribution is -2.06.